The Kier molecular flexibility index (Phi) is 4.23. The number of hydrogen-bond acceptors (Lipinski definition) is 5. The number of aryl methyl sites for hydroxylation is 1. The number of hydrogen-bond donors (Lipinski definition) is 1. The fourth-order valence-electron chi connectivity index (χ4n) is 3.31. The zero-order chi connectivity index (χ0) is 17.2. The average molecular weight is 339 g/mol. The Morgan fingerprint density at radius 2 is 2.00 bits per heavy atom. The second-order valence-electron chi connectivity index (χ2n) is 6.49. The van der Waals surface area contributed by atoms with Crippen molar-refractivity contribution in [1.82, 2.24) is 25.1 Å². The van der Waals surface area contributed by atoms with E-state index in [1.165, 1.54) is 0 Å². The third-order valence-corrected chi connectivity index (χ3v) is 4.86. The standard InChI is InChI=1S/C18H21N5O2/c1-13-17(21-25-20-13)12-22-6-8-23(9-7-22)18(24)10-14-11-19-16-5-3-2-4-15(14)16/h2-5,11,19H,6-10,12H2,1H3. The summed E-state index contributed by atoms with van der Waals surface area (Å²) in [5.74, 6) is 0.184. The maximum absolute atomic E-state index is 12.6. The van der Waals surface area contributed by atoms with Crippen molar-refractivity contribution < 1.29 is 9.42 Å². The summed E-state index contributed by atoms with van der Waals surface area (Å²) in [4.78, 5) is 20.1. The van der Waals surface area contributed by atoms with Crippen LogP contribution in [0, 0.1) is 6.92 Å². The minimum atomic E-state index is 0.184. The Hall–Kier alpha value is -2.67. The van der Waals surface area contributed by atoms with Gasteiger partial charge < -0.3 is 9.88 Å². The van der Waals surface area contributed by atoms with Crippen molar-refractivity contribution in [3.05, 3.63) is 47.4 Å². The van der Waals surface area contributed by atoms with Gasteiger partial charge in [0, 0.05) is 49.8 Å². The fourth-order valence-corrected chi connectivity index (χ4v) is 3.31. The monoisotopic (exact) mass is 339 g/mol. The van der Waals surface area contributed by atoms with E-state index in [4.69, 9.17) is 4.63 Å². The number of rotatable bonds is 4. The second kappa shape index (κ2) is 6.68. The van der Waals surface area contributed by atoms with Gasteiger partial charge >= 0.3 is 0 Å². The molecule has 2 aromatic heterocycles. The van der Waals surface area contributed by atoms with Crippen LogP contribution in [0.5, 0.6) is 0 Å². The number of nitrogens with zero attached hydrogens (tertiary/aromatic N) is 4. The summed E-state index contributed by atoms with van der Waals surface area (Å²) in [6.45, 7) is 5.78. The highest BCUT2D eigenvalue weighted by Gasteiger charge is 2.23. The van der Waals surface area contributed by atoms with Gasteiger partial charge in [0.1, 0.15) is 11.4 Å². The van der Waals surface area contributed by atoms with Crippen molar-refractivity contribution in [3.63, 3.8) is 0 Å². The van der Waals surface area contributed by atoms with Gasteiger partial charge in [-0.1, -0.05) is 28.5 Å². The fraction of sp³-hybridized carbons (Fsp3) is 0.389. The molecule has 4 rings (SSSR count). The Morgan fingerprint density at radius 1 is 1.20 bits per heavy atom. The third-order valence-electron chi connectivity index (χ3n) is 4.86. The lowest BCUT2D eigenvalue weighted by Gasteiger charge is -2.34. The first-order valence-electron chi connectivity index (χ1n) is 8.54. The van der Waals surface area contributed by atoms with E-state index < -0.39 is 0 Å². The molecule has 0 radical (unpaired) electrons. The molecule has 7 heteroatoms. The molecule has 130 valence electrons. The van der Waals surface area contributed by atoms with E-state index in [1.807, 2.05) is 36.2 Å². The highest BCUT2D eigenvalue weighted by Crippen LogP contribution is 2.19. The minimum Gasteiger partial charge on any atom is -0.361 e. The first kappa shape index (κ1) is 15.8. The van der Waals surface area contributed by atoms with E-state index in [9.17, 15) is 4.79 Å². The summed E-state index contributed by atoms with van der Waals surface area (Å²) < 4.78 is 4.75. The topological polar surface area (TPSA) is 78.3 Å². The average Bonchev–Trinajstić information content (AvgIpc) is 3.22. The maximum Gasteiger partial charge on any atom is 0.227 e. The number of aromatic nitrogens is 3. The molecule has 25 heavy (non-hydrogen) atoms. The molecular weight excluding hydrogens is 318 g/mol. The van der Waals surface area contributed by atoms with Crippen molar-refractivity contribution in [3.8, 4) is 0 Å². The molecule has 0 unspecified atom stereocenters. The Labute approximate surface area is 145 Å². The molecule has 1 aliphatic heterocycles. The van der Waals surface area contributed by atoms with Gasteiger partial charge in [-0.25, -0.2) is 4.63 Å². The Morgan fingerprint density at radius 3 is 2.76 bits per heavy atom. The highest BCUT2D eigenvalue weighted by atomic mass is 16.6. The first-order valence-corrected chi connectivity index (χ1v) is 8.54. The number of H-pyrrole nitrogens is 1. The van der Waals surface area contributed by atoms with Crippen LogP contribution in [0.3, 0.4) is 0 Å². The first-order chi connectivity index (χ1) is 12.2. The molecule has 0 bridgehead atoms. The summed E-state index contributed by atoms with van der Waals surface area (Å²) in [5.41, 5.74) is 3.84. The van der Waals surface area contributed by atoms with Crippen molar-refractivity contribution in [2.75, 3.05) is 26.2 Å². The number of nitrogens with one attached hydrogen (secondary N) is 1. The summed E-state index contributed by atoms with van der Waals surface area (Å²) in [5, 5.41) is 8.87. The van der Waals surface area contributed by atoms with E-state index in [1.54, 1.807) is 0 Å². The SMILES string of the molecule is Cc1nonc1CN1CCN(C(=O)Cc2c[nH]c3ccccc23)CC1. The van der Waals surface area contributed by atoms with Crippen LogP contribution in [0.1, 0.15) is 17.0 Å². The van der Waals surface area contributed by atoms with Crippen LogP contribution in [-0.4, -0.2) is 57.2 Å². The smallest absolute Gasteiger partial charge is 0.227 e. The number of carbonyl (C=O) groups excluding carboxylic acids is 1. The summed E-state index contributed by atoms with van der Waals surface area (Å²) in [7, 11) is 0. The molecule has 7 nitrogen and oxygen atoms in total. The van der Waals surface area contributed by atoms with E-state index in [0.717, 1.165) is 60.6 Å². The van der Waals surface area contributed by atoms with Gasteiger partial charge in [-0.3, -0.25) is 9.69 Å². The van der Waals surface area contributed by atoms with Gasteiger partial charge in [-0.15, -0.1) is 0 Å². The predicted octanol–water partition coefficient (Wildman–Crippen LogP) is 1.75. The Bertz CT molecular complexity index is 876. The van der Waals surface area contributed by atoms with Crippen LogP contribution in [0.25, 0.3) is 10.9 Å². The van der Waals surface area contributed by atoms with E-state index in [2.05, 4.69) is 26.3 Å². The van der Waals surface area contributed by atoms with Crippen LogP contribution in [0.4, 0.5) is 0 Å². The van der Waals surface area contributed by atoms with Gasteiger partial charge in [-0.05, 0) is 18.6 Å². The van der Waals surface area contributed by atoms with Gasteiger partial charge in [0.15, 0.2) is 0 Å². The number of amides is 1. The Balaban J connectivity index is 1.34. The van der Waals surface area contributed by atoms with Gasteiger partial charge in [-0.2, -0.15) is 0 Å². The van der Waals surface area contributed by atoms with Crippen LogP contribution in [0.15, 0.2) is 35.1 Å². The maximum atomic E-state index is 12.6. The molecule has 1 aromatic carbocycles. The summed E-state index contributed by atoms with van der Waals surface area (Å²) in [6.07, 6.45) is 2.38. The van der Waals surface area contributed by atoms with Gasteiger partial charge in [0.25, 0.3) is 0 Å². The minimum absolute atomic E-state index is 0.184. The van der Waals surface area contributed by atoms with E-state index in [0.29, 0.717) is 6.42 Å². The number of piperazine rings is 1. The van der Waals surface area contributed by atoms with Crippen LogP contribution >= 0.6 is 0 Å². The van der Waals surface area contributed by atoms with Crippen molar-refractivity contribution in [1.29, 1.82) is 0 Å². The lowest BCUT2D eigenvalue weighted by Crippen LogP contribution is -2.48. The predicted molar refractivity (Wildman–Crippen MR) is 92.9 cm³/mol. The second-order valence-corrected chi connectivity index (χ2v) is 6.49. The number of para-hydroxylation sites is 1. The van der Waals surface area contributed by atoms with Crippen molar-refractivity contribution >= 4 is 16.8 Å². The molecule has 3 aromatic rings. The summed E-state index contributed by atoms with van der Waals surface area (Å²) in [6, 6.07) is 8.09. The zero-order valence-electron chi connectivity index (χ0n) is 14.2. The molecule has 1 saturated heterocycles. The largest absolute Gasteiger partial charge is 0.361 e. The lowest BCUT2D eigenvalue weighted by atomic mass is 10.1. The zero-order valence-corrected chi connectivity index (χ0v) is 14.2. The molecule has 1 fully saturated rings. The molecule has 1 N–H and O–H groups in total. The van der Waals surface area contributed by atoms with E-state index in [-0.39, 0.29) is 5.91 Å². The number of benzene rings is 1. The number of fused-ring (bicyclic) bond motifs is 1. The summed E-state index contributed by atoms with van der Waals surface area (Å²) >= 11 is 0. The molecule has 0 aliphatic carbocycles. The van der Waals surface area contributed by atoms with Crippen LogP contribution in [-0.2, 0) is 17.8 Å². The van der Waals surface area contributed by atoms with Crippen LogP contribution in [0.2, 0.25) is 0 Å². The van der Waals surface area contributed by atoms with Gasteiger partial charge in [0.05, 0.1) is 6.42 Å². The van der Waals surface area contributed by atoms with Crippen molar-refractivity contribution in [2.45, 2.75) is 19.9 Å². The quantitative estimate of drug-likeness (QED) is 0.783. The lowest BCUT2D eigenvalue weighted by molar-refractivity contribution is -0.132. The third kappa shape index (κ3) is 3.28. The number of carbonyl (C=O) groups is 1. The molecule has 0 atom stereocenters. The number of aromatic amines is 1. The molecule has 1 aliphatic rings. The van der Waals surface area contributed by atoms with Crippen molar-refractivity contribution in [2.24, 2.45) is 0 Å². The van der Waals surface area contributed by atoms with E-state index >= 15 is 0 Å². The molecule has 3 heterocycles. The highest BCUT2D eigenvalue weighted by molar-refractivity contribution is 5.88. The molecule has 0 spiro atoms. The molecular formula is C18H21N5O2. The normalized spacial score (nSPS) is 15.8. The van der Waals surface area contributed by atoms with Gasteiger partial charge in [0.2, 0.25) is 5.91 Å². The van der Waals surface area contributed by atoms with Crippen LogP contribution < -0.4 is 0 Å². The molecule has 1 amide bonds. The molecule has 0 saturated carbocycles.